The molecule has 0 atom stereocenters. The molecule has 5 nitrogen and oxygen atoms in total. The molecule has 0 aromatic carbocycles. The number of carbonyl (C=O) groups is 1. The number of pyridine rings is 1. The predicted molar refractivity (Wildman–Crippen MR) is 70.1 cm³/mol. The van der Waals surface area contributed by atoms with Crippen molar-refractivity contribution >= 4 is 69.1 Å². The Kier molecular flexibility index (Phi) is 7.08. The molecule has 0 spiro atoms. The van der Waals surface area contributed by atoms with Crippen LogP contribution in [0.5, 0.6) is 5.88 Å². The first kappa shape index (κ1) is 16.4. The number of halogens is 1. The van der Waals surface area contributed by atoms with Crippen molar-refractivity contribution in [2.24, 2.45) is 0 Å². The van der Waals surface area contributed by atoms with E-state index in [-0.39, 0.29) is 57.3 Å². The van der Waals surface area contributed by atoms with Gasteiger partial charge in [-0.05, 0) is 19.2 Å². The quantitative estimate of drug-likeness (QED) is 0.728. The molecule has 1 aliphatic heterocycles. The zero-order valence-corrected chi connectivity index (χ0v) is 14.5. The number of aromatic nitrogens is 1. The smallest absolute Gasteiger partial charge is 0.389 e. The largest absolute Gasteiger partial charge is 0.416 e. The maximum absolute atomic E-state index is 11.8. The summed E-state index contributed by atoms with van der Waals surface area (Å²) < 4.78 is 5.15. The van der Waals surface area contributed by atoms with Gasteiger partial charge in [0.1, 0.15) is 5.02 Å². The first-order valence-electron chi connectivity index (χ1n) is 5.42. The number of likely N-dealkylation sites (N-methyl/N-ethyl adjacent to an activating group) is 1. The molecule has 1 aromatic rings. The van der Waals surface area contributed by atoms with Crippen LogP contribution in [0.3, 0.4) is 0 Å². The summed E-state index contributed by atoms with van der Waals surface area (Å²) in [6.07, 6.45) is 1.15. The number of piperazine rings is 1. The number of ether oxygens (including phenoxy) is 1. The minimum atomic E-state index is -0.390. The van der Waals surface area contributed by atoms with Crippen molar-refractivity contribution in [3.63, 3.8) is 0 Å². The van der Waals surface area contributed by atoms with E-state index in [1.807, 2.05) is 7.05 Å². The summed E-state index contributed by atoms with van der Waals surface area (Å²) >= 11 is 5.86. The third-order valence-electron chi connectivity index (χ3n) is 2.67. The van der Waals surface area contributed by atoms with E-state index in [9.17, 15) is 4.79 Å². The molecule has 2 heterocycles. The van der Waals surface area contributed by atoms with Gasteiger partial charge in [-0.2, -0.15) is 0 Å². The van der Waals surface area contributed by atoms with E-state index in [4.69, 9.17) is 16.3 Å². The van der Waals surface area contributed by atoms with Crippen LogP contribution in [0.1, 0.15) is 0 Å². The molecule has 1 saturated heterocycles. The molecule has 1 radical (unpaired) electrons. The molecule has 0 aliphatic carbocycles. The van der Waals surface area contributed by atoms with Crippen LogP contribution in [0.2, 0.25) is 5.02 Å². The molecule has 1 fully saturated rings. The van der Waals surface area contributed by atoms with Gasteiger partial charge in [0.05, 0.1) is 0 Å². The second-order valence-electron chi connectivity index (χ2n) is 3.95. The van der Waals surface area contributed by atoms with Crippen LogP contribution in [-0.2, 0) is 0 Å². The molecule has 18 heavy (non-hydrogen) atoms. The Hall–Kier alpha value is 0.306. The molecule has 0 N–H and O–H groups in total. The number of rotatable bonds is 1. The summed E-state index contributed by atoms with van der Waals surface area (Å²) in [6.45, 7) is 3.04. The van der Waals surface area contributed by atoms with E-state index in [0.717, 1.165) is 13.1 Å². The number of carbonyl (C=O) groups excluding carboxylic acids is 1. The second-order valence-corrected chi connectivity index (χ2v) is 4.36. The van der Waals surface area contributed by atoms with E-state index in [1.165, 1.54) is 0 Å². The normalized spacial score (nSPS) is 16.0. The van der Waals surface area contributed by atoms with Crippen LogP contribution in [-0.4, -0.2) is 105 Å². The summed E-state index contributed by atoms with van der Waals surface area (Å²) in [5.74, 6) is 0.165. The molecule has 0 bridgehead atoms. The van der Waals surface area contributed by atoms with Gasteiger partial charge in [-0.15, -0.1) is 0 Å². The van der Waals surface area contributed by atoms with Gasteiger partial charge in [0, 0.05) is 83.8 Å². The molecular formula is C11H14ClKN3O2. The Labute approximate surface area is 154 Å². The van der Waals surface area contributed by atoms with E-state index in [0.29, 0.717) is 18.1 Å². The van der Waals surface area contributed by atoms with Crippen LogP contribution in [0, 0.1) is 0 Å². The van der Waals surface area contributed by atoms with Crippen molar-refractivity contribution in [1.29, 1.82) is 0 Å². The van der Waals surface area contributed by atoms with Crippen LogP contribution in [0.15, 0.2) is 18.3 Å². The number of hydrogen-bond acceptors (Lipinski definition) is 4. The summed E-state index contributed by atoms with van der Waals surface area (Å²) in [6, 6.07) is 3.33. The molecule has 1 aliphatic rings. The molecular weight excluding hydrogens is 281 g/mol. The fraction of sp³-hybridized carbons (Fsp3) is 0.455. The summed E-state index contributed by atoms with van der Waals surface area (Å²) in [7, 11) is 2.03. The SMILES string of the molecule is CN1CCN(C(=O)Oc2ncccc2Cl)CC1.[K]. The van der Waals surface area contributed by atoms with Gasteiger partial charge in [-0.1, -0.05) is 11.6 Å². The molecule has 1 amide bonds. The first-order valence-corrected chi connectivity index (χ1v) is 5.80. The molecule has 93 valence electrons. The minimum Gasteiger partial charge on any atom is -0.389 e. The standard InChI is InChI=1S/C11H14ClN3O2.K/c1-14-5-7-15(8-6-14)11(16)17-10-9(12)3-2-4-13-10;/h2-4H,5-8H2,1H3;. The topological polar surface area (TPSA) is 45.7 Å². The van der Waals surface area contributed by atoms with Gasteiger partial charge in [0.25, 0.3) is 0 Å². The third kappa shape index (κ3) is 4.45. The first-order chi connectivity index (χ1) is 8.16. The molecule has 0 saturated carbocycles. The van der Waals surface area contributed by atoms with E-state index in [1.54, 1.807) is 23.2 Å². The van der Waals surface area contributed by atoms with Gasteiger partial charge in [0.2, 0.25) is 5.88 Å². The van der Waals surface area contributed by atoms with Gasteiger partial charge >= 0.3 is 6.09 Å². The van der Waals surface area contributed by atoms with Gasteiger partial charge in [0.15, 0.2) is 0 Å². The fourth-order valence-corrected chi connectivity index (χ4v) is 1.74. The van der Waals surface area contributed by atoms with Crippen LogP contribution in [0.4, 0.5) is 4.79 Å². The maximum Gasteiger partial charge on any atom is 0.416 e. The predicted octanol–water partition coefficient (Wildman–Crippen LogP) is 1.10. The Balaban J connectivity index is 0.00000162. The molecule has 1 aromatic heterocycles. The van der Waals surface area contributed by atoms with E-state index in [2.05, 4.69) is 9.88 Å². The van der Waals surface area contributed by atoms with Gasteiger partial charge in [-0.3, -0.25) is 0 Å². The fourth-order valence-electron chi connectivity index (χ4n) is 1.58. The zero-order valence-electron chi connectivity index (χ0n) is 10.6. The molecule has 2 rings (SSSR count). The third-order valence-corrected chi connectivity index (χ3v) is 2.96. The van der Waals surface area contributed by atoms with E-state index < -0.39 is 6.09 Å². The second kappa shape index (κ2) is 7.79. The number of amides is 1. The molecule has 0 unspecified atom stereocenters. The van der Waals surface area contributed by atoms with Gasteiger partial charge < -0.3 is 14.5 Å². The van der Waals surface area contributed by atoms with Crippen molar-refractivity contribution in [3.8, 4) is 5.88 Å². The Morgan fingerprint density at radius 2 is 2.06 bits per heavy atom. The summed E-state index contributed by atoms with van der Waals surface area (Å²) in [5, 5.41) is 0.343. The Bertz CT molecular complexity index is 411. The monoisotopic (exact) mass is 294 g/mol. The van der Waals surface area contributed by atoms with Crippen LogP contribution < -0.4 is 4.74 Å². The number of hydrogen-bond donors (Lipinski definition) is 0. The van der Waals surface area contributed by atoms with E-state index >= 15 is 0 Å². The Morgan fingerprint density at radius 1 is 1.39 bits per heavy atom. The van der Waals surface area contributed by atoms with Crippen LogP contribution in [0.25, 0.3) is 0 Å². The average Bonchev–Trinajstić information content (AvgIpc) is 2.33. The Morgan fingerprint density at radius 3 is 2.67 bits per heavy atom. The van der Waals surface area contributed by atoms with Crippen molar-refractivity contribution in [3.05, 3.63) is 23.4 Å². The maximum atomic E-state index is 11.8. The zero-order chi connectivity index (χ0) is 12.3. The average molecular weight is 295 g/mol. The van der Waals surface area contributed by atoms with Crippen LogP contribution >= 0.6 is 11.6 Å². The van der Waals surface area contributed by atoms with Crippen molar-refractivity contribution in [1.82, 2.24) is 14.8 Å². The van der Waals surface area contributed by atoms with Crippen molar-refractivity contribution in [2.75, 3.05) is 33.2 Å². The summed E-state index contributed by atoms with van der Waals surface area (Å²) in [5.41, 5.74) is 0. The molecule has 7 heteroatoms. The van der Waals surface area contributed by atoms with Crippen molar-refractivity contribution < 1.29 is 9.53 Å². The van der Waals surface area contributed by atoms with Gasteiger partial charge in [-0.25, -0.2) is 9.78 Å². The van der Waals surface area contributed by atoms with Crippen molar-refractivity contribution in [2.45, 2.75) is 0 Å². The number of nitrogens with zero attached hydrogens (tertiary/aromatic N) is 3. The summed E-state index contributed by atoms with van der Waals surface area (Å²) in [4.78, 5) is 19.6. The minimum absolute atomic E-state index is 0.